The lowest BCUT2D eigenvalue weighted by molar-refractivity contribution is 0.102. The zero-order valence-electron chi connectivity index (χ0n) is 15.5. The van der Waals surface area contributed by atoms with Crippen molar-refractivity contribution in [2.75, 3.05) is 23.8 Å². The van der Waals surface area contributed by atoms with Crippen molar-refractivity contribution in [1.29, 1.82) is 0 Å². The first-order valence-corrected chi connectivity index (χ1v) is 8.64. The highest BCUT2D eigenvalue weighted by molar-refractivity contribution is 6.03. The molecule has 2 heterocycles. The third-order valence-corrected chi connectivity index (χ3v) is 4.11. The van der Waals surface area contributed by atoms with Crippen LogP contribution in [0.5, 0.6) is 0 Å². The maximum absolute atomic E-state index is 13.8. The highest BCUT2D eigenvalue weighted by Gasteiger charge is 2.15. The van der Waals surface area contributed by atoms with Crippen LogP contribution in [0.4, 0.5) is 20.3 Å². The normalized spacial score (nSPS) is 10.6. The maximum atomic E-state index is 13.8. The van der Waals surface area contributed by atoms with Crippen molar-refractivity contribution in [3.63, 3.8) is 0 Å². The lowest BCUT2D eigenvalue weighted by Gasteiger charge is -2.19. The molecule has 0 bridgehead atoms. The molecule has 144 valence electrons. The molecule has 0 unspecified atom stereocenters. The van der Waals surface area contributed by atoms with Crippen molar-refractivity contribution in [3.8, 4) is 0 Å². The van der Waals surface area contributed by atoms with Gasteiger partial charge in [-0.05, 0) is 43.2 Å². The van der Waals surface area contributed by atoms with Gasteiger partial charge in [0, 0.05) is 38.1 Å². The minimum atomic E-state index is -0.853. The molecule has 1 N–H and O–H groups in total. The summed E-state index contributed by atoms with van der Waals surface area (Å²) in [6.45, 7) is 2.35. The van der Waals surface area contributed by atoms with Crippen LogP contribution in [-0.2, 0) is 6.42 Å². The number of pyridine rings is 1. The molecule has 0 fully saturated rings. The van der Waals surface area contributed by atoms with Crippen molar-refractivity contribution < 1.29 is 13.6 Å². The summed E-state index contributed by atoms with van der Waals surface area (Å²) in [6.07, 6.45) is 4.26. The molecule has 0 aliphatic heterocycles. The number of halogens is 2. The van der Waals surface area contributed by atoms with Crippen LogP contribution >= 0.6 is 0 Å². The van der Waals surface area contributed by atoms with E-state index in [9.17, 15) is 13.6 Å². The summed E-state index contributed by atoms with van der Waals surface area (Å²) >= 11 is 0. The van der Waals surface area contributed by atoms with Gasteiger partial charge in [0.25, 0.3) is 5.91 Å². The van der Waals surface area contributed by atoms with Crippen molar-refractivity contribution in [2.24, 2.45) is 0 Å². The van der Waals surface area contributed by atoms with E-state index in [2.05, 4.69) is 20.3 Å². The van der Waals surface area contributed by atoms with Crippen LogP contribution in [0.15, 0.2) is 48.8 Å². The molecule has 0 radical (unpaired) electrons. The second kappa shape index (κ2) is 8.51. The van der Waals surface area contributed by atoms with Crippen LogP contribution < -0.4 is 10.2 Å². The van der Waals surface area contributed by atoms with Crippen molar-refractivity contribution in [3.05, 3.63) is 77.5 Å². The summed E-state index contributed by atoms with van der Waals surface area (Å²) in [6, 6.07) is 8.36. The van der Waals surface area contributed by atoms with E-state index >= 15 is 0 Å². The second-order valence-electron chi connectivity index (χ2n) is 6.26. The Morgan fingerprint density at radius 1 is 1.11 bits per heavy atom. The molecule has 28 heavy (non-hydrogen) atoms. The molecule has 0 aliphatic carbocycles. The molecule has 1 amide bonds. The Balaban J connectivity index is 1.73. The molecular formula is C20H19F2N5O. The zero-order valence-corrected chi connectivity index (χ0v) is 15.5. The molecule has 3 aromatic rings. The lowest BCUT2D eigenvalue weighted by Crippen LogP contribution is -2.23. The number of carbonyl (C=O) groups excluding carboxylic acids is 1. The molecule has 6 nitrogen and oxygen atoms in total. The number of likely N-dealkylation sites (N-methyl/N-ethyl adjacent to an activating group) is 1. The number of nitrogens with one attached hydrogen (secondary N) is 1. The quantitative estimate of drug-likeness (QED) is 0.707. The summed E-state index contributed by atoms with van der Waals surface area (Å²) in [5.41, 5.74) is 1.12. The second-order valence-corrected chi connectivity index (χ2v) is 6.26. The average molecular weight is 383 g/mol. The number of anilines is 2. The molecule has 8 heteroatoms. The van der Waals surface area contributed by atoms with Gasteiger partial charge in [-0.1, -0.05) is 0 Å². The number of amides is 1. The van der Waals surface area contributed by atoms with E-state index in [1.54, 1.807) is 19.3 Å². The minimum Gasteiger partial charge on any atom is -0.359 e. The number of nitrogens with zero attached hydrogens (tertiary/aromatic N) is 4. The van der Waals surface area contributed by atoms with Crippen molar-refractivity contribution >= 4 is 17.4 Å². The summed E-state index contributed by atoms with van der Waals surface area (Å²) in [5.74, 6) is -1.18. The maximum Gasteiger partial charge on any atom is 0.274 e. The highest BCUT2D eigenvalue weighted by Crippen LogP contribution is 2.17. The summed E-state index contributed by atoms with van der Waals surface area (Å²) in [4.78, 5) is 26.9. The SMILES string of the molecule is Cc1nc(C(=O)Nc2ccc(F)cc2F)cc(N(C)CCc2ccncc2)n1. The van der Waals surface area contributed by atoms with E-state index in [0.29, 0.717) is 24.3 Å². The van der Waals surface area contributed by atoms with Crippen LogP contribution in [0.3, 0.4) is 0 Å². The van der Waals surface area contributed by atoms with Gasteiger partial charge in [-0.2, -0.15) is 0 Å². The summed E-state index contributed by atoms with van der Waals surface area (Å²) < 4.78 is 26.8. The van der Waals surface area contributed by atoms with Gasteiger partial charge in [-0.3, -0.25) is 9.78 Å². The van der Waals surface area contributed by atoms with Gasteiger partial charge >= 0.3 is 0 Å². The fourth-order valence-electron chi connectivity index (χ4n) is 2.60. The first-order chi connectivity index (χ1) is 13.4. The first-order valence-electron chi connectivity index (χ1n) is 8.64. The third kappa shape index (κ3) is 4.85. The molecule has 0 saturated carbocycles. The number of benzene rings is 1. The Morgan fingerprint density at radius 3 is 2.57 bits per heavy atom. The highest BCUT2D eigenvalue weighted by atomic mass is 19.1. The standard InChI is InChI=1S/C20H19F2N5O/c1-13-24-18(20(28)26-17-4-3-15(21)11-16(17)22)12-19(25-13)27(2)10-7-14-5-8-23-9-6-14/h3-6,8-9,11-12H,7,10H2,1-2H3,(H,26,28). The van der Waals surface area contributed by atoms with Gasteiger partial charge < -0.3 is 10.2 Å². The van der Waals surface area contributed by atoms with Gasteiger partial charge in [-0.15, -0.1) is 0 Å². The van der Waals surface area contributed by atoms with E-state index in [1.165, 1.54) is 12.1 Å². The number of aryl methyl sites for hydroxylation is 1. The molecule has 0 aliphatic rings. The number of carbonyl (C=O) groups is 1. The Bertz CT molecular complexity index is 982. The number of aromatic nitrogens is 3. The van der Waals surface area contributed by atoms with E-state index in [1.807, 2.05) is 24.1 Å². The van der Waals surface area contributed by atoms with Crippen LogP contribution in [0, 0.1) is 18.6 Å². The van der Waals surface area contributed by atoms with Gasteiger partial charge in [-0.25, -0.2) is 18.7 Å². The molecular weight excluding hydrogens is 364 g/mol. The summed E-state index contributed by atoms with van der Waals surface area (Å²) in [5, 5.41) is 2.41. The monoisotopic (exact) mass is 383 g/mol. The number of hydrogen-bond acceptors (Lipinski definition) is 5. The van der Waals surface area contributed by atoms with Gasteiger partial charge in [0.2, 0.25) is 0 Å². The third-order valence-electron chi connectivity index (χ3n) is 4.11. The van der Waals surface area contributed by atoms with Gasteiger partial charge in [0.1, 0.15) is 29.0 Å². The van der Waals surface area contributed by atoms with Crippen LogP contribution in [0.1, 0.15) is 21.9 Å². The minimum absolute atomic E-state index is 0.0991. The van der Waals surface area contributed by atoms with E-state index < -0.39 is 17.5 Å². The van der Waals surface area contributed by atoms with Gasteiger partial charge in [0.05, 0.1) is 5.69 Å². The van der Waals surface area contributed by atoms with E-state index in [-0.39, 0.29) is 11.4 Å². The Morgan fingerprint density at radius 2 is 1.86 bits per heavy atom. The van der Waals surface area contributed by atoms with Crippen LogP contribution in [0.2, 0.25) is 0 Å². The molecule has 3 rings (SSSR count). The predicted octanol–water partition coefficient (Wildman–Crippen LogP) is 3.39. The molecule has 1 aromatic carbocycles. The molecule has 0 atom stereocenters. The Kier molecular flexibility index (Phi) is 5.88. The lowest BCUT2D eigenvalue weighted by atomic mass is 10.2. The van der Waals surface area contributed by atoms with Crippen molar-refractivity contribution in [1.82, 2.24) is 15.0 Å². The molecule has 0 spiro atoms. The van der Waals surface area contributed by atoms with Gasteiger partial charge in [0.15, 0.2) is 0 Å². The predicted molar refractivity (Wildman–Crippen MR) is 102 cm³/mol. The van der Waals surface area contributed by atoms with E-state index in [0.717, 1.165) is 18.1 Å². The fourth-order valence-corrected chi connectivity index (χ4v) is 2.60. The van der Waals surface area contributed by atoms with E-state index in [4.69, 9.17) is 0 Å². The Hall–Kier alpha value is -3.42. The van der Waals surface area contributed by atoms with Crippen molar-refractivity contribution in [2.45, 2.75) is 13.3 Å². The van der Waals surface area contributed by atoms with Crippen LogP contribution in [-0.4, -0.2) is 34.5 Å². The number of rotatable bonds is 6. The molecule has 2 aromatic heterocycles. The Labute approximate surface area is 161 Å². The first kappa shape index (κ1) is 19.3. The largest absolute Gasteiger partial charge is 0.359 e. The zero-order chi connectivity index (χ0) is 20.1. The average Bonchev–Trinajstić information content (AvgIpc) is 2.68. The van der Waals surface area contributed by atoms with Crippen LogP contribution in [0.25, 0.3) is 0 Å². The fraction of sp³-hybridized carbons (Fsp3) is 0.200. The topological polar surface area (TPSA) is 71.0 Å². The smallest absolute Gasteiger partial charge is 0.274 e. The summed E-state index contributed by atoms with van der Waals surface area (Å²) in [7, 11) is 1.87. The molecule has 0 saturated heterocycles. The number of hydrogen-bond donors (Lipinski definition) is 1.